The summed E-state index contributed by atoms with van der Waals surface area (Å²) in [6, 6.07) is 3.73. The van der Waals surface area contributed by atoms with Gasteiger partial charge in [0.2, 0.25) is 0 Å². The molecular weight excluding hydrogens is 234 g/mol. The third-order valence-electron chi connectivity index (χ3n) is 2.60. The minimum absolute atomic E-state index is 0.131. The van der Waals surface area contributed by atoms with E-state index in [4.69, 9.17) is 5.11 Å². The first-order chi connectivity index (χ1) is 8.32. The summed E-state index contributed by atoms with van der Waals surface area (Å²) in [4.78, 5) is 33.7. The predicted molar refractivity (Wildman–Crippen MR) is 65.7 cm³/mol. The summed E-state index contributed by atoms with van der Waals surface area (Å²) in [6.45, 7) is 4.57. The molecule has 0 radical (unpaired) electrons. The second-order valence-electron chi connectivity index (χ2n) is 4.12. The molecule has 0 spiro atoms. The summed E-state index contributed by atoms with van der Waals surface area (Å²) in [6.07, 6.45) is 0. The Balaban J connectivity index is 2.97. The zero-order valence-corrected chi connectivity index (χ0v) is 10.5. The number of aryl methyl sites for hydroxylation is 1. The molecule has 1 aromatic carbocycles. The van der Waals surface area contributed by atoms with Crippen LogP contribution in [0.5, 0.6) is 0 Å². The van der Waals surface area contributed by atoms with Gasteiger partial charge in [-0.25, -0.2) is 0 Å². The number of ketones is 1. The lowest BCUT2D eigenvalue weighted by atomic mass is 10.0. The molecule has 0 unspecified atom stereocenters. The molecule has 1 atom stereocenters. The van der Waals surface area contributed by atoms with E-state index in [1.54, 1.807) is 19.1 Å². The van der Waals surface area contributed by atoms with Crippen LogP contribution in [0.3, 0.4) is 0 Å². The first-order valence-corrected chi connectivity index (χ1v) is 5.48. The van der Waals surface area contributed by atoms with Crippen molar-refractivity contribution >= 4 is 17.7 Å². The molecule has 1 rings (SSSR count). The van der Waals surface area contributed by atoms with Crippen molar-refractivity contribution < 1.29 is 19.5 Å². The molecule has 0 bridgehead atoms. The zero-order chi connectivity index (χ0) is 13.9. The molecule has 1 aromatic rings. The number of amides is 1. The van der Waals surface area contributed by atoms with Gasteiger partial charge in [0, 0.05) is 11.1 Å². The van der Waals surface area contributed by atoms with Crippen molar-refractivity contribution in [3.05, 3.63) is 34.9 Å². The number of aliphatic carboxylic acids is 1. The fourth-order valence-corrected chi connectivity index (χ4v) is 1.48. The van der Waals surface area contributed by atoms with Crippen molar-refractivity contribution in [3.8, 4) is 0 Å². The van der Waals surface area contributed by atoms with Crippen LogP contribution in [0.1, 0.15) is 40.1 Å². The van der Waals surface area contributed by atoms with Crippen LogP contribution in [0.2, 0.25) is 0 Å². The van der Waals surface area contributed by atoms with Crippen LogP contribution in [-0.4, -0.2) is 28.8 Å². The highest BCUT2D eigenvalue weighted by Gasteiger charge is 2.16. The molecule has 96 valence electrons. The minimum atomic E-state index is -1.11. The average molecular weight is 249 g/mol. The number of Topliss-reactive ketones (excluding diaryl/α,β-unsaturated/α-hetero) is 1. The Labute approximate surface area is 105 Å². The van der Waals surface area contributed by atoms with Gasteiger partial charge in [0.25, 0.3) is 5.91 Å². The zero-order valence-electron chi connectivity index (χ0n) is 10.5. The van der Waals surface area contributed by atoms with Crippen LogP contribution in [0.25, 0.3) is 0 Å². The molecule has 0 aromatic heterocycles. The van der Waals surface area contributed by atoms with E-state index in [2.05, 4.69) is 5.32 Å². The van der Waals surface area contributed by atoms with Gasteiger partial charge in [-0.15, -0.1) is 0 Å². The van der Waals surface area contributed by atoms with E-state index < -0.39 is 17.9 Å². The highest BCUT2D eigenvalue weighted by Crippen LogP contribution is 2.12. The second kappa shape index (κ2) is 5.44. The van der Waals surface area contributed by atoms with Gasteiger partial charge in [-0.1, -0.05) is 6.07 Å². The summed E-state index contributed by atoms with van der Waals surface area (Å²) in [7, 11) is 0. The summed E-state index contributed by atoms with van der Waals surface area (Å²) in [5.41, 5.74) is 1.52. The SMILES string of the molecule is CC(=O)c1cc(C(=O)N[C@@H](C)C(=O)O)ccc1C. The van der Waals surface area contributed by atoms with Gasteiger partial charge in [0.15, 0.2) is 5.78 Å². The minimum Gasteiger partial charge on any atom is -0.480 e. The number of benzene rings is 1. The second-order valence-corrected chi connectivity index (χ2v) is 4.12. The van der Waals surface area contributed by atoms with Crippen molar-refractivity contribution in [3.63, 3.8) is 0 Å². The molecule has 0 saturated carbocycles. The van der Waals surface area contributed by atoms with Crippen LogP contribution in [0, 0.1) is 6.92 Å². The maximum absolute atomic E-state index is 11.8. The summed E-state index contributed by atoms with van der Waals surface area (Å²) < 4.78 is 0. The number of hydrogen-bond donors (Lipinski definition) is 2. The van der Waals surface area contributed by atoms with E-state index >= 15 is 0 Å². The number of carbonyl (C=O) groups excluding carboxylic acids is 2. The normalized spacial score (nSPS) is 11.7. The van der Waals surface area contributed by atoms with E-state index in [-0.39, 0.29) is 11.3 Å². The molecule has 5 heteroatoms. The van der Waals surface area contributed by atoms with Crippen molar-refractivity contribution in [1.82, 2.24) is 5.32 Å². The van der Waals surface area contributed by atoms with Gasteiger partial charge in [-0.2, -0.15) is 0 Å². The molecule has 0 fully saturated rings. The Morgan fingerprint density at radius 2 is 1.89 bits per heavy atom. The first-order valence-electron chi connectivity index (χ1n) is 5.48. The number of carboxylic acids is 1. The van der Waals surface area contributed by atoms with Crippen molar-refractivity contribution in [2.45, 2.75) is 26.8 Å². The highest BCUT2D eigenvalue weighted by molar-refractivity contribution is 6.01. The summed E-state index contributed by atoms with van der Waals surface area (Å²) in [5.74, 6) is -1.75. The highest BCUT2D eigenvalue weighted by atomic mass is 16.4. The standard InChI is InChI=1S/C13H15NO4/c1-7-4-5-10(6-11(7)9(3)15)12(16)14-8(2)13(17)18/h4-6,8H,1-3H3,(H,14,16)(H,17,18)/t8-/m0/s1. The molecule has 0 aliphatic carbocycles. The van der Waals surface area contributed by atoms with Gasteiger partial charge < -0.3 is 10.4 Å². The lowest BCUT2D eigenvalue weighted by Gasteiger charge is -2.10. The molecule has 1 amide bonds. The predicted octanol–water partition coefficient (Wildman–Crippen LogP) is 1.40. The van der Waals surface area contributed by atoms with Gasteiger partial charge in [0.1, 0.15) is 6.04 Å². The number of carbonyl (C=O) groups is 3. The van der Waals surface area contributed by atoms with Gasteiger partial charge in [0.05, 0.1) is 0 Å². The summed E-state index contributed by atoms with van der Waals surface area (Å²) in [5, 5.41) is 11.0. The summed E-state index contributed by atoms with van der Waals surface area (Å²) >= 11 is 0. The maximum Gasteiger partial charge on any atom is 0.325 e. The number of hydrogen-bond acceptors (Lipinski definition) is 3. The topological polar surface area (TPSA) is 83.5 Å². The number of carboxylic acid groups (broad SMARTS) is 1. The van der Waals surface area contributed by atoms with E-state index in [1.165, 1.54) is 19.9 Å². The van der Waals surface area contributed by atoms with Crippen LogP contribution >= 0.6 is 0 Å². The lowest BCUT2D eigenvalue weighted by molar-refractivity contribution is -0.138. The molecule has 0 aliphatic rings. The molecular formula is C13H15NO4. The fraction of sp³-hybridized carbons (Fsp3) is 0.308. The smallest absolute Gasteiger partial charge is 0.325 e. The Hall–Kier alpha value is -2.17. The molecule has 5 nitrogen and oxygen atoms in total. The third-order valence-corrected chi connectivity index (χ3v) is 2.60. The van der Waals surface area contributed by atoms with Gasteiger partial charge in [-0.05, 0) is 38.5 Å². The fourth-order valence-electron chi connectivity index (χ4n) is 1.48. The first kappa shape index (κ1) is 13.9. The average Bonchev–Trinajstić information content (AvgIpc) is 2.28. The Bertz CT molecular complexity index is 508. The van der Waals surface area contributed by atoms with Crippen molar-refractivity contribution in [2.75, 3.05) is 0 Å². The largest absolute Gasteiger partial charge is 0.480 e. The van der Waals surface area contributed by atoms with E-state index in [0.717, 1.165) is 5.56 Å². The lowest BCUT2D eigenvalue weighted by Crippen LogP contribution is -2.38. The van der Waals surface area contributed by atoms with Crippen molar-refractivity contribution in [1.29, 1.82) is 0 Å². The van der Waals surface area contributed by atoms with E-state index in [0.29, 0.717) is 5.56 Å². The molecule has 0 saturated heterocycles. The van der Waals surface area contributed by atoms with Gasteiger partial charge >= 0.3 is 5.97 Å². The van der Waals surface area contributed by atoms with E-state index in [1.807, 2.05) is 0 Å². The monoisotopic (exact) mass is 249 g/mol. The van der Waals surface area contributed by atoms with Crippen LogP contribution < -0.4 is 5.32 Å². The van der Waals surface area contributed by atoms with Crippen LogP contribution in [0.4, 0.5) is 0 Å². The van der Waals surface area contributed by atoms with Crippen LogP contribution in [0.15, 0.2) is 18.2 Å². The quantitative estimate of drug-likeness (QED) is 0.790. The number of nitrogens with one attached hydrogen (secondary N) is 1. The van der Waals surface area contributed by atoms with Crippen LogP contribution in [-0.2, 0) is 4.79 Å². The Kier molecular flexibility index (Phi) is 4.20. The number of rotatable bonds is 4. The van der Waals surface area contributed by atoms with Crippen molar-refractivity contribution in [2.24, 2.45) is 0 Å². The molecule has 0 heterocycles. The maximum atomic E-state index is 11.8. The Morgan fingerprint density at radius 1 is 1.28 bits per heavy atom. The Morgan fingerprint density at radius 3 is 2.39 bits per heavy atom. The molecule has 0 aliphatic heterocycles. The molecule has 18 heavy (non-hydrogen) atoms. The van der Waals surface area contributed by atoms with Gasteiger partial charge in [-0.3, -0.25) is 14.4 Å². The third kappa shape index (κ3) is 3.16. The molecule has 2 N–H and O–H groups in total. The van der Waals surface area contributed by atoms with E-state index in [9.17, 15) is 14.4 Å².